The number of fused-ring (bicyclic) bond motifs is 2. The maximum atomic E-state index is 12.8. The molecule has 3 fully saturated rings. The number of piperidine rings is 1. The summed E-state index contributed by atoms with van der Waals surface area (Å²) in [5.41, 5.74) is 0.843. The standard InChI is InChI=1S/C15H20N2O2/c18-13-8-11-5-6-12(9-13)17(11)15(19)14-2-1-7-16(14)10-3-4-10/h1-2,7,10-13,18H,3-6,8-9H2. The van der Waals surface area contributed by atoms with Crippen LogP contribution in [0.3, 0.4) is 0 Å². The molecule has 1 aliphatic carbocycles. The Bertz CT molecular complexity index is 492. The van der Waals surface area contributed by atoms with Gasteiger partial charge < -0.3 is 14.6 Å². The van der Waals surface area contributed by atoms with Crippen LogP contribution in [0.2, 0.25) is 0 Å². The van der Waals surface area contributed by atoms with Crippen molar-refractivity contribution in [1.82, 2.24) is 9.47 Å². The normalized spacial score (nSPS) is 33.7. The Morgan fingerprint density at radius 3 is 2.37 bits per heavy atom. The Morgan fingerprint density at radius 2 is 1.74 bits per heavy atom. The molecule has 0 aromatic carbocycles. The second kappa shape index (κ2) is 4.10. The van der Waals surface area contributed by atoms with Gasteiger partial charge >= 0.3 is 0 Å². The molecule has 2 bridgehead atoms. The lowest BCUT2D eigenvalue weighted by Crippen LogP contribution is -2.48. The van der Waals surface area contributed by atoms with Crippen molar-refractivity contribution in [2.45, 2.75) is 62.8 Å². The van der Waals surface area contributed by atoms with Crippen molar-refractivity contribution in [2.75, 3.05) is 0 Å². The van der Waals surface area contributed by atoms with Gasteiger partial charge in [-0.3, -0.25) is 4.79 Å². The number of carbonyl (C=O) groups is 1. The Balaban J connectivity index is 1.62. The highest BCUT2D eigenvalue weighted by atomic mass is 16.3. The third-order valence-electron chi connectivity index (χ3n) is 4.88. The molecule has 2 unspecified atom stereocenters. The number of aromatic nitrogens is 1. The first-order chi connectivity index (χ1) is 9.24. The maximum absolute atomic E-state index is 12.8. The molecule has 4 nitrogen and oxygen atoms in total. The average Bonchev–Trinajstić information content (AvgIpc) is 3.05. The number of amides is 1. The minimum Gasteiger partial charge on any atom is -0.393 e. The highest BCUT2D eigenvalue weighted by Crippen LogP contribution is 2.39. The van der Waals surface area contributed by atoms with Gasteiger partial charge in [-0.2, -0.15) is 0 Å². The van der Waals surface area contributed by atoms with E-state index in [1.54, 1.807) is 0 Å². The molecule has 2 saturated heterocycles. The van der Waals surface area contributed by atoms with Crippen LogP contribution in [0.5, 0.6) is 0 Å². The lowest BCUT2D eigenvalue weighted by atomic mass is 9.99. The fourth-order valence-corrected chi connectivity index (χ4v) is 3.86. The summed E-state index contributed by atoms with van der Waals surface area (Å²) in [6, 6.07) is 4.98. The van der Waals surface area contributed by atoms with E-state index in [0.29, 0.717) is 6.04 Å². The van der Waals surface area contributed by atoms with Gasteiger partial charge in [0.2, 0.25) is 0 Å². The quantitative estimate of drug-likeness (QED) is 0.883. The summed E-state index contributed by atoms with van der Waals surface area (Å²) in [6.45, 7) is 0. The third-order valence-corrected chi connectivity index (χ3v) is 4.88. The predicted molar refractivity (Wildman–Crippen MR) is 70.9 cm³/mol. The van der Waals surface area contributed by atoms with Crippen molar-refractivity contribution in [3.05, 3.63) is 24.0 Å². The Kier molecular flexibility index (Phi) is 2.49. The van der Waals surface area contributed by atoms with E-state index < -0.39 is 0 Å². The van der Waals surface area contributed by atoms with Gasteiger partial charge in [-0.15, -0.1) is 0 Å². The molecular weight excluding hydrogens is 240 g/mol. The molecule has 4 rings (SSSR count). The fraction of sp³-hybridized carbons (Fsp3) is 0.667. The van der Waals surface area contributed by atoms with Gasteiger partial charge in [0.25, 0.3) is 5.91 Å². The SMILES string of the molecule is O=C(c1cccn1C1CC1)N1C2CCC1CC(O)C2. The van der Waals surface area contributed by atoms with Crippen LogP contribution >= 0.6 is 0 Å². The van der Waals surface area contributed by atoms with E-state index in [2.05, 4.69) is 9.47 Å². The zero-order chi connectivity index (χ0) is 13.0. The highest BCUT2D eigenvalue weighted by Gasteiger charge is 2.43. The Labute approximate surface area is 113 Å². The molecule has 0 spiro atoms. The first-order valence-corrected chi connectivity index (χ1v) is 7.41. The molecule has 3 aliphatic rings. The number of carbonyl (C=O) groups excluding carboxylic acids is 1. The fourth-order valence-electron chi connectivity index (χ4n) is 3.86. The van der Waals surface area contributed by atoms with Gasteiger partial charge in [0.15, 0.2) is 0 Å². The number of nitrogens with zero attached hydrogens (tertiary/aromatic N) is 2. The minimum atomic E-state index is -0.211. The number of aliphatic hydroxyl groups is 1. The van der Waals surface area contributed by atoms with Crippen molar-refractivity contribution in [1.29, 1.82) is 0 Å². The van der Waals surface area contributed by atoms with E-state index in [4.69, 9.17) is 0 Å². The molecule has 0 radical (unpaired) electrons. The number of hydrogen-bond acceptors (Lipinski definition) is 2. The zero-order valence-electron chi connectivity index (χ0n) is 11.0. The molecule has 2 atom stereocenters. The average molecular weight is 260 g/mol. The van der Waals surface area contributed by atoms with Crippen molar-refractivity contribution >= 4 is 5.91 Å². The lowest BCUT2D eigenvalue weighted by molar-refractivity contribution is 0.0279. The molecule has 4 heteroatoms. The molecule has 19 heavy (non-hydrogen) atoms. The van der Waals surface area contributed by atoms with Crippen molar-refractivity contribution < 1.29 is 9.90 Å². The van der Waals surface area contributed by atoms with Gasteiger partial charge in [-0.1, -0.05) is 0 Å². The Morgan fingerprint density at radius 1 is 1.11 bits per heavy atom. The van der Waals surface area contributed by atoms with Gasteiger partial charge in [0.1, 0.15) is 5.69 Å². The number of hydrogen-bond donors (Lipinski definition) is 1. The van der Waals surface area contributed by atoms with Gasteiger partial charge in [0.05, 0.1) is 6.10 Å². The van der Waals surface area contributed by atoms with E-state index in [-0.39, 0.29) is 24.1 Å². The molecule has 1 amide bonds. The molecule has 1 aromatic heterocycles. The van der Waals surface area contributed by atoms with Crippen LogP contribution < -0.4 is 0 Å². The van der Waals surface area contributed by atoms with Gasteiger partial charge in [-0.05, 0) is 50.7 Å². The van der Waals surface area contributed by atoms with E-state index in [0.717, 1.165) is 31.4 Å². The molecule has 102 valence electrons. The number of aliphatic hydroxyl groups excluding tert-OH is 1. The van der Waals surface area contributed by atoms with Crippen LogP contribution in [0.4, 0.5) is 0 Å². The minimum absolute atomic E-state index is 0.177. The summed E-state index contributed by atoms with van der Waals surface area (Å²) in [7, 11) is 0. The molecule has 1 N–H and O–H groups in total. The van der Waals surface area contributed by atoms with Crippen LogP contribution in [-0.2, 0) is 0 Å². The topological polar surface area (TPSA) is 45.5 Å². The third kappa shape index (κ3) is 1.81. The largest absolute Gasteiger partial charge is 0.393 e. The summed E-state index contributed by atoms with van der Waals surface area (Å²) in [5, 5.41) is 9.83. The molecule has 3 heterocycles. The van der Waals surface area contributed by atoms with Crippen LogP contribution in [-0.4, -0.2) is 38.7 Å². The lowest BCUT2D eigenvalue weighted by Gasteiger charge is -2.37. The summed E-state index contributed by atoms with van der Waals surface area (Å²) in [4.78, 5) is 14.9. The van der Waals surface area contributed by atoms with Crippen LogP contribution in [0.15, 0.2) is 18.3 Å². The van der Waals surface area contributed by atoms with Gasteiger partial charge in [-0.25, -0.2) is 0 Å². The summed E-state index contributed by atoms with van der Waals surface area (Å²) in [6.07, 6.45) is 7.83. The summed E-state index contributed by atoms with van der Waals surface area (Å²) >= 11 is 0. The molecular formula is C15H20N2O2. The molecule has 1 aromatic rings. The smallest absolute Gasteiger partial charge is 0.270 e. The second-order valence-electron chi connectivity index (χ2n) is 6.25. The summed E-state index contributed by atoms with van der Waals surface area (Å²) < 4.78 is 2.15. The Hall–Kier alpha value is -1.29. The number of rotatable bonds is 2. The summed E-state index contributed by atoms with van der Waals surface area (Å²) in [5.74, 6) is 0.177. The predicted octanol–water partition coefficient (Wildman–Crippen LogP) is 1.95. The first-order valence-electron chi connectivity index (χ1n) is 7.41. The second-order valence-corrected chi connectivity index (χ2v) is 6.25. The van der Waals surface area contributed by atoms with Crippen LogP contribution in [0.1, 0.15) is 55.1 Å². The van der Waals surface area contributed by atoms with E-state index in [1.807, 2.05) is 18.3 Å². The molecule has 1 saturated carbocycles. The van der Waals surface area contributed by atoms with Gasteiger partial charge in [0, 0.05) is 24.3 Å². The van der Waals surface area contributed by atoms with Crippen LogP contribution in [0, 0.1) is 0 Å². The van der Waals surface area contributed by atoms with Crippen molar-refractivity contribution in [3.63, 3.8) is 0 Å². The van der Waals surface area contributed by atoms with Crippen molar-refractivity contribution in [3.8, 4) is 0 Å². The molecule has 2 aliphatic heterocycles. The highest BCUT2D eigenvalue weighted by molar-refractivity contribution is 5.93. The van der Waals surface area contributed by atoms with Crippen molar-refractivity contribution in [2.24, 2.45) is 0 Å². The van der Waals surface area contributed by atoms with E-state index in [9.17, 15) is 9.90 Å². The maximum Gasteiger partial charge on any atom is 0.270 e. The van der Waals surface area contributed by atoms with E-state index >= 15 is 0 Å². The zero-order valence-corrected chi connectivity index (χ0v) is 11.0. The van der Waals surface area contributed by atoms with Crippen LogP contribution in [0.25, 0.3) is 0 Å². The monoisotopic (exact) mass is 260 g/mol. The first kappa shape index (κ1) is 11.5. The van der Waals surface area contributed by atoms with E-state index in [1.165, 1.54) is 12.8 Å².